The normalized spacial score (nSPS) is 14.6. The van der Waals surface area contributed by atoms with E-state index in [4.69, 9.17) is 27.9 Å². The van der Waals surface area contributed by atoms with Crippen LogP contribution in [0.5, 0.6) is 5.75 Å². The lowest BCUT2D eigenvalue weighted by Crippen LogP contribution is -2.47. The van der Waals surface area contributed by atoms with Gasteiger partial charge in [0, 0.05) is 34.7 Å². The third-order valence-corrected chi connectivity index (χ3v) is 5.83. The molecule has 0 saturated carbocycles. The van der Waals surface area contributed by atoms with Crippen LogP contribution in [0, 0.1) is 13.8 Å². The number of hydrogen-bond acceptors (Lipinski definition) is 3. The zero-order valence-electron chi connectivity index (χ0n) is 16.5. The van der Waals surface area contributed by atoms with Gasteiger partial charge in [-0.15, -0.1) is 0 Å². The van der Waals surface area contributed by atoms with E-state index in [1.165, 1.54) is 0 Å². The second kappa shape index (κ2) is 9.51. The highest BCUT2D eigenvalue weighted by molar-refractivity contribution is 6.32. The van der Waals surface area contributed by atoms with Crippen LogP contribution in [0.15, 0.2) is 36.4 Å². The van der Waals surface area contributed by atoms with Crippen LogP contribution in [0.2, 0.25) is 10.0 Å². The first-order valence-corrected chi connectivity index (χ1v) is 10.3. The lowest BCUT2D eigenvalue weighted by atomic mass is 10.0. The SMILES string of the molecule is Cc1cc(OCC(=O)NC2CCN(C(=O)c3cccc(Cl)c3)CC2)cc(C)c1Cl. The molecule has 1 fully saturated rings. The summed E-state index contributed by atoms with van der Waals surface area (Å²) in [5, 5.41) is 4.24. The number of benzene rings is 2. The number of aryl methyl sites for hydroxylation is 2. The molecule has 1 aliphatic heterocycles. The van der Waals surface area contributed by atoms with Crippen molar-refractivity contribution in [2.45, 2.75) is 32.7 Å². The van der Waals surface area contributed by atoms with Gasteiger partial charge < -0.3 is 15.0 Å². The minimum Gasteiger partial charge on any atom is -0.484 e. The minimum absolute atomic E-state index is 0.0307. The Morgan fingerprint density at radius 2 is 1.76 bits per heavy atom. The Labute approximate surface area is 180 Å². The molecule has 2 aromatic rings. The summed E-state index contributed by atoms with van der Waals surface area (Å²) in [6.45, 7) is 4.93. The Morgan fingerprint density at radius 3 is 2.38 bits per heavy atom. The van der Waals surface area contributed by atoms with Gasteiger partial charge in [-0.1, -0.05) is 29.3 Å². The molecule has 7 heteroatoms. The fourth-order valence-electron chi connectivity index (χ4n) is 3.44. The fourth-order valence-corrected chi connectivity index (χ4v) is 3.74. The molecule has 5 nitrogen and oxygen atoms in total. The van der Waals surface area contributed by atoms with Crippen molar-refractivity contribution in [2.24, 2.45) is 0 Å². The average molecular weight is 435 g/mol. The molecule has 1 saturated heterocycles. The van der Waals surface area contributed by atoms with Crippen molar-refractivity contribution in [3.8, 4) is 5.75 Å². The van der Waals surface area contributed by atoms with E-state index < -0.39 is 0 Å². The Hall–Kier alpha value is -2.24. The van der Waals surface area contributed by atoms with Crippen LogP contribution in [0.3, 0.4) is 0 Å². The molecule has 2 amide bonds. The lowest BCUT2D eigenvalue weighted by molar-refractivity contribution is -0.124. The summed E-state index contributed by atoms with van der Waals surface area (Å²) >= 11 is 12.1. The molecule has 1 heterocycles. The summed E-state index contributed by atoms with van der Waals surface area (Å²) in [4.78, 5) is 26.6. The van der Waals surface area contributed by atoms with Crippen molar-refractivity contribution >= 4 is 35.0 Å². The van der Waals surface area contributed by atoms with Crippen LogP contribution in [-0.2, 0) is 4.79 Å². The smallest absolute Gasteiger partial charge is 0.258 e. The summed E-state index contributed by atoms with van der Waals surface area (Å²) in [6.07, 6.45) is 1.41. The number of rotatable bonds is 5. The predicted octanol–water partition coefficient (Wildman–Crippen LogP) is 4.41. The third-order valence-electron chi connectivity index (χ3n) is 5.00. The Kier molecular flexibility index (Phi) is 7.04. The largest absolute Gasteiger partial charge is 0.484 e. The van der Waals surface area contributed by atoms with Crippen LogP contribution in [0.1, 0.15) is 34.3 Å². The van der Waals surface area contributed by atoms with Crippen molar-refractivity contribution in [3.63, 3.8) is 0 Å². The monoisotopic (exact) mass is 434 g/mol. The molecule has 0 aromatic heterocycles. The van der Waals surface area contributed by atoms with Crippen LogP contribution in [0.25, 0.3) is 0 Å². The Bertz CT molecular complexity index is 886. The second-order valence-electron chi connectivity index (χ2n) is 7.30. The summed E-state index contributed by atoms with van der Waals surface area (Å²) < 4.78 is 5.61. The van der Waals surface area contributed by atoms with Gasteiger partial charge >= 0.3 is 0 Å². The van der Waals surface area contributed by atoms with Gasteiger partial charge in [0.1, 0.15) is 5.75 Å². The van der Waals surface area contributed by atoms with E-state index in [1.54, 1.807) is 29.2 Å². The van der Waals surface area contributed by atoms with Gasteiger partial charge in [0.2, 0.25) is 0 Å². The van der Waals surface area contributed by atoms with Gasteiger partial charge in [0.05, 0.1) is 0 Å². The highest BCUT2D eigenvalue weighted by Crippen LogP contribution is 2.25. The van der Waals surface area contributed by atoms with Crippen molar-refractivity contribution in [1.82, 2.24) is 10.2 Å². The number of amides is 2. The van der Waals surface area contributed by atoms with Crippen molar-refractivity contribution in [2.75, 3.05) is 19.7 Å². The molecule has 0 atom stereocenters. The molecule has 1 aliphatic rings. The molecule has 0 spiro atoms. The molecule has 2 aromatic carbocycles. The van der Waals surface area contributed by atoms with Gasteiger partial charge in [-0.2, -0.15) is 0 Å². The molecular weight excluding hydrogens is 411 g/mol. The summed E-state index contributed by atoms with van der Waals surface area (Å²) in [5.74, 6) is 0.422. The van der Waals surface area contributed by atoms with E-state index in [0.29, 0.717) is 47.3 Å². The Morgan fingerprint density at radius 1 is 1.10 bits per heavy atom. The first-order chi connectivity index (χ1) is 13.8. The van der Waals surface area contributed by atoms with Crippen LogP contribution in [-0.4, -0.2) is 42.5 Å². The van der Waals surface area contributed by atoms with Gasteiger partial charge in [0.25, 0.3) is 11.8 Å². The summed E-state index contributed by atoms with van der Waals surface area (Å²) in [7, 11) is 0. The Balaban J connectivity index is 1.45. The number of piperidine rings is 1. The first-order valence-electron chi connectivity index (χ1n) is 9.57. The molecule has 29 heavy (non-hydrogen) atoms. The van der Waals surface area contributed by atoms with E-state index in [9.17, 15) is 9.59 Å². The first kappa shape index (κ1) is 21.5. The maximum Gasteiger partial charge on any atom is 0.258 e. The summed E-state index contributed by atoms with van der Waals surface area (Å²) in [6, 6.07) is 10.6. The molecule has 1 N–H and O–H groups in total. The molecule has 0 aliphatic carbocycles. The predicted molar refractivity (Wildman–Crippen MR) is 115 cm³/mol. The lowest BCUT2D eigenvalue weighted by Gasteiger charge is -2.32. The maximum absolute atomic E-state index is 12.6. The third kappa shape index (κ3) is 5.64. The molecule has 0 bridgehead atoms. The topological polar surface area (TPSA) is 58.6 Å². The average Bonchev–Trinajstić information content (AvgIpc) is 2.70. The van der Waals surface area contributed by atoms with Crippen LogP contribution >= 0.6 is 23.2 Å². The number of likely N-dealkylation sites (tertiary alicyclic amines) is 1. The van der Waals surface area contributed by atoms with Crippen LogP contribution in [0.4, 0.5) is 0 Å². The van der Waals surface area contributed by atoms with Gasteiger partial charge in [-0.3, -0.25) is 9.59 Å². The highest BCUT2D eigenvalue weighted by atomic mass is 35.5. The quantitative estimate of drug-likeness (QED) is 0.757. The van der Waals surface area contributed by atoms with Gasteiger partial charge in [-0.05, 0) is 68.1 Å². The van der Waals surface area contributed by atoms with E-state index in [-0.39, 0.29) is 24.5 Å². The van der Waals surface area contributed by atoms with E-state index in [1.807, 2.05) is 26.0 Å². The number of carbonyl (C=O) groups excluding carboxylic acids is 2. The van der Waals surface area contributed by atoms with Crippen molar-refractivity contribution < 1.29 is 14.3 Å². The summed E-state index contributed by atoms with van der Waals surface area (Å²) in [5.41, 5.74) is 2.42. The number of nitrogens with one attached hydrogen (secondary N) is 1. The molecule has 0 unspecified atom stereocenters. The minimum atomic E-state index is -0.171. The maximum atomic E-state index is 12.6. The fraction of sp³-hybridized carbons (Fsp3) is 0.364. The number of hydrogen-bond donors (Lipinski definition) is 1. The van der Waals surface area contributed by atoms with E-state index in [2.05, 4.69) is 5.32 Å². The number of carbonyl (C=O) groups is 2. The number of nitrogens with zero attached hydrogens (tertiary/aromatic N) is 1. The molecule has 0 radical (unpaired) electrons. The van der Waals surface area contributed by atoms with Crippen LogP contribution < -0.4 is 10.1 Å². The molecule has 3 rings (SSSR count). The number of halogens is 2. The molecule has 154 valence electrons. The zero-order chi connectivity index (χ0) is 21.0. The second-order valence-corrected chi connectivity index (χ2v) is 8.12. The van der Waals surface area contributed by atoms with Crippen molar-refractivity contribution in [1.29, 1.82) is 0 Å². The van der Waals surface area contributed by atoms with Gasteiger partial charge in [-0.25, -0.2) is 0 Å². The zero-order valence-corrected chi connectivity index (χ0v) is 18.0. The standard InChI is InChI=1S/C22H24Cl2N2O3/c1-14-10-19(11-15(2)21(14)24)29-13-20(27)25-18-6-8-26(9-7-18)22(28)16-4-3-5-17(23)12-16/h3-5,10-12,18H,6-9,13H2,1-2H3,(H,25,27). The highest BCUT2D eigenvalue weighted by Gasteiger charge is 2.24. The molecular formula is C22H24Cl2N2O3. The van der Waals surface area contributed by atoms with E-state index >= 15 is 0 Å². The van der Waals surface area contributed by atoms with Crippen molar-refractivity contribution in [3.05, 3.63) is 63.1 Å². The van der Waals surface area contributed by atoms with Gasteiger partial charge in [0.15, 0.2) is 6.61 Å². The van der Waals surface area contributed by atoms with E-state index in [0.717, 1.165) is 11.1 Å². The number of ether oxygens (including phenoxy) is 1.